The van der Waals surface area contributed by atoms with E-state index in [1.165, 1.54) is 17.4 Å². The molecule has 0 amide bonds. The van der Waals surface area contributed by atoms with Crippen LogP contribution in [0.25, 0.3) is 10.7 Å². The molecule has 0 unspecified atom stereocenters. The first-order valence-corrected chi connectivity index (χ1v) is 5.37. The average Bonchev–Trinajstić information content (AvgIpc) is 2.70. The third kappa shape index (κ3) is 2.28. The van der Waals surface area contributed by atoms with E-state index in [1.54, 1.807) is 11.7 Å². The first-order valence-electron chi connectivity index (χ1n) is 4.49. The Morgan fingerprint density at radius 3 is 3.07 bits per heavy atom. The van der Waals surface area contributed by atoms with Crippen molar-refractivity contribution >= 4 is 11.3 Å². The molecule has 0 aromatic carbocycles. The summed E-state index contributed by atoms with van der Waals surface area (Å²) in [5, 5.41) is 0. The van der Waals surface area contributed by atoms with Crippen molar-refractivity contribution in [2.45, 2.75) is 6.42 Å². The Balaban J connectivity index is 2.44. The average molecular weight is 222 g/mol. The van der Waals surface area contributed by atoms with Gasteiger partial charge in [-0.1, -0.05) is 0 Å². The Kier molecular flexibility index (Phi) is 2.89. The van der Waals surface area contributed by atoms with Crippen LogP contribution in [-0.4, -0.2) is 21.5 Å². The van der Waals surface area contributed by atoms with Gasteiger partial charge in [0.05, 0.1) is 10.4 Å². The molecule has 0 aliphatic rings. The normalized spacial score (nSPS) is 10.5. The fourth-order valence-corrected chi connectivity index (χ4v) is 1.80. The summed E-state index contributed by atoms with van der Waals surface area (Å²) in [7, 11) is 0. The minimum absolute atomic E-state index is 0.156. The van der Waals surface area contributed by atoms with Crippen LogP contribution in [0.4, 0.5) is 0 Å². The standard InChI is InChI=1S/C9H10N4OS/c10-2-1-6-3-8(14)13-9(12-6)7-4-11-5-15-7/h3-5H,1-2,10H2,(H,12,13,14). The van der Waals surface area contributed by atoms with Gasteiger partial charge in [-0.3, -0.25) is 9.78 Å². The first-order chi connectivity index (χ1) is 7.29. The van der Waals surface area contributed by atoms with Gasteiger partial charge in [0.25, 0.3) is 5.56 Å². The van der Waals surface area contributed by atoms with Crippen molar-refractivity contribution in [2.75, 3.05) is 6.54 Å². The van der Waals surface area contributed by atoms with Gasteiger partial charge >= 0.3 is 0 Å². The van der Waals surface area contributed by atoms with Gasteiger partial charge in [0.2, 0.25) is 0 Å². The molecule has 5 nitrogen and oxygen atoms in total. The largest absolute Gasteiger partial charge is 0.330 e. The number of nitrogens with one attached hydrogen (secondary N) is 1. The van der Waals surface area contributed by atoms with Crippen LogP contribution in [-0.2, 0) is 6.42 Å². The Morgan fingerprint density at radius 2 is 2.40 bits per heavy atom. The molecule has 0 radical (unpaired) electrons. The highest BCUT2D eigenvalue weighted by molar-refractivity contribution is 7.13. The Bertz CT molecular complexity index is 491. The highest BCUT2D eigenvalue weighted by atomic mass is 32.1. The molecule has 0 saturated heterocycles. The number of rotatable bonds is 3. The molecule has 0 bridgehead atoms. The first kappa shape index (κ1) is 10.0. The van der Waals surface area contributed by atoms with E-state index in [-0.39, 0.29) is 5.56 Å². The van der Waals surface area contributed by atoms with Crippen molar-refractivity contribution in [2.24, 2.45) is 5.73 Å². The predicted octanol–water partition coefficient (Wildman–Crippen LogP) is 0.395. The van der Waals surface area contributed by atoms with Crippen LogP contribution >= 0.6 is 11.3 Å². The summed E-state index contributed by atoms with van der Waals surface area (Å²) in [5.74, 6) is 0.563. The molecule has 3 N–H and O–H groups in total. The topological polar surface area (TPSA) is 84.7 Å². The van der Waals surface area contributed by atoms with E-state index in [9.17, 15) is 4.79 Å². The third-order valence-corrected chi connectivity index (χ3v) is 2.64. The lowest BCUT2D eigenvalue weighted by atomic mass is 10.3. The molecule has 0 fully saturated rings. The summed E-state index contributed by atoms with van der Waals surface area (Å²) < 4.78 is 0. The lowest BCUT2D eigenvalue weighted by Crippen LogP contribution is -2.13. The molecular weight excluding hydrogens is 212 g/mol. The molecule has 2 heterocycles. The van der Waals surface area contributed by atoms with Gasteiger partial charge in [0.1, 0.15) is 0 Å². The van der Waals surface area contributed by atoms with Crippen LogP contribution in [0.2, 0.25) is 0 Å². The Morgan fingerprint density at radius 1 is 1.53 bits per heavy atom. The van der Waals surface area contributed by atoms with Gasteiger partial charge in [0, 0.05) is 24.4 Å². The van der Waals surface area contributed by atoms with Gasteiger partial charge in [-0.25, -0.2) is 4.98 Å². The molecule has 2 rings (SSSR count). The van der Waals surface area contributed by atoms with E-state index in [2.05, 4.69) is 15.0 Å². The third-order valence-electron chi connectivity index (χ3n) is 1.86. The molecule has 0 aliphatic heterocycles. The predicted molar refractivity (Wildman–Crippen MR) is 58.7 cm³/mol. The summed E-state index contributed by atoms with van der Waals surface area (Å²) in [4.78, 5) is 23.1. The van der Waals surface area contributed by atoms with Crippen molar-refractivity contribution in [3.05, 3.63) is 33.8 Å². The monoisotopic (exact) mass is 222 g/mol. The zero-order chi connectivity index (χ0) is 10.7. The van der Waals surface area contributed by atoms with Gasteiger partial charge in [-0.2, -0.15) is 0 Å². The molecule has 0 saturated carbocycles. The summed E-state index contributed by atoms with van der Waals surface area (Å²) in [5.41, 5.74) is 7.67. The lowest BCUT2D eigenvalue weighted by molar-refractivity contribution is 0.906. The van der Waals surface area contributed by atoms with Gasteiger partial charge < -0.3 is 10.7 Å². The molecule has 6 heteroatoms. The van der Waals surface area contributed by atoms with Crippen molar-refractivity contribution < 1.29 is 0 Å². The van der Waals surface area contributed by atoms with Gasteiger partial charge in [-0.15, -0.1) is 11.3 Å². The summed E-state index contributed by atoms with van der Waals surface area (Å²) in [6, 6.07) is 1.47. The fraction of sp³-hybridized carbons (Fsp3) is 0.222. The molecule has 15 heavy (non-hydrogen) atoms. The number of nitrogens with zero attached hydrogens (tertiary/aromatic N) is 2. The maximum atomic E-state index is 11.3. The number of hydrogen-bond donors (Lipinski definition) is 2. The minimum Gasteiger partial charge on any atom is -0.330 e. The van der Waals surface area contributed by atoms with E-state index < -0.39 is 0 Å². The Hall–Kier alpha value is -1.53. The van der Waals surface area contributed by atoms with E-state index in [4.69, 9.17) is 5.73 Å². The summed E-state index contributed by atoms with van der Waals surface area (Å²) in [6.07, 6.45) is 2.28. The van der Waals surface area contributed by atoms with E-state index in [0.717, 1.165) is 4.88 Å². The number of hydrogen-bond acceptors (Lipinski definition) is 5. The molecular formula is C9H10N4OS. The van der Waals surface area contributed by atoms with Gasteiger partial charge in [-0.05, 0) is 6.54 Å². The highest BCUT2D eigenvalue weighted by Gasteiger charge is 2.04. The molecule has 0 aliphatic carbocycles. The van der Waals surface area contributed by atoms with E-state index in [1.807, 2.05) is 0 Å². The van der Waals surface area contributed by atoms with Crippen LogP contribution in [0.3, 0.4) is 0 Å². The number of thiazole rings is 1. The van der Waals surface area contributed by atoms with Crippen LogP contribution < -0.4 is 11.3 Å². The molecule has 78 valence electrons. The quantitative estimate of drug-likeness (QED) is 0.787. The van der Waals surface area contributed by atoms with E-state index >= 15 is 0 Å². The van der Waals surface area contributed by atoms with Gasteiger partial charge in [0.15, 0.2) is 5.82 Å². The van der Waals surface area contributed by atoms with Crippen LogP contribution in [0.1, 0.15) is 5.69 Å². The highest BCUT2D eigenvalue weighted by Crippen LogP contribution is 2.17. The number of H-pyrrole nitrogens is 1. The smallest absolute Gasteiger partial charge is 0.251 e. The number of aromatic nitrogens is 3. The van der Waals surface area contributed by atoms with E-state index in [0.29, 0.717) is 24.5 Å². The Labute approximate surface area is 90.0 Å². The fourth-order valence-electron chi connectivity index (χ4n) is 1.23. The van der Waals surface area contributed by atoms with Crippen molar-refractivity contribution in [3.8, 4) is 10.7 Å². The number of nitrogens with two attached hydrogens (primary N) is 1. The molecule has 2 aromatic heterocycles. The zero-order valence-corrected chi connectivity index (χ0v) is 8.75. The SMILES string of the molecule is NCCc1cc(=O)[nH]c(-c2cncs2)n1. The second kappa shape index (κ2) is 4.33. The van der Waals surface area contributed by atoms with Crippen molar-refractivity contribution in [1.82, 2.24) is 15.0 Å². The molecule has 0 atom stereocenters. The summed E-state index contributed by atoms with van der Waals surface area (Å²) >= 11 is 1.44. The van der Waals surface area contributed by atoms with Crippen molar-refractivity contribution in [1.29, 1.82) is 0 Å². The van der Waals surface area contributed by atoms with Crippen LogP contribution in [0, 0.1) is 0 Å². The van der Waals surface area contributed by atoms with Crippen LogP contribution in [0.5, 0.6) is 0 Å². The maximum Gasteiger partial charge on any atom is 0.251 e. The maximum absolute atomic E-state index is 11.3. The van der Waals surface area contributed by atoms with Crippen LogP contribution in [0.15, 0.2) is 22.6 Å². The summed E-state index contributed by atoms with van der Waals surface area (Å²) in [6.45, 7) is 0.485. The molecule has 0 spiro atoms. The zero-order valence-electron chi connectivity index (χ0n) is 7.93. The molecule has 2 aromatic rings. The minimum atomic E-state index is -0.156. The second-order valence-corrected chi connectivity index (χ2v) is 3.88. The lowest BCUT2D eigenvalue weighted by Gasteiger charge is -2.00. The second-order valence-electron chi connectivity index (χ2n) is 2.99. The number of aromatic amines is 1. The van der Waals surface area contributed by atoms with Crippen molar-refractivity contribution in [3.63, 3.8) is 0 Å².